The topological polar surface area (TPSA) is 26.3 Å². The van der Waals surface area contributed by atoms with Crippen LogP contribution in [0.4, 0.5) is 0 Å². The standard InChI is InChI=1S/C10H14O2/c1-12-10(11)9-5-7-2-3-8(4-7)6-9/h5,7-8H,2-4,6H2,1H3. The van der Waals surface area contributed by atoms with Crippen LogP contribution in [0.15, 0.2) is 11.6 Å². The van der Waals surface area contributed by atoms with Crippen molar-refractivity contribution in [1.29, 1.82) is 0 Å². The molecule has 0 N–H and O–H groups in total. The Hall–Kier alpha value is -0.790. The van der Waals surface area contributed by atoms with Gasteiger partial charge in [-0.25, -0.2) is 4.79 Å². The monoisotopic (exact) mass is 166 g/mol. The van der Waals surface area contributed by atoms with Crippen molar-refractivity contribution in [2.75, 3.05) is 7.11 Å². The second kappa shape index (κ2) is 2.92. The van der Waals surface area contributed by atoms with E-state index in [2.05, 4.69) is 6.08 Å². The third-order valence-corrected chi connectivity index (χ3v) is 2.97. The van der Waals surface area contributed by atoms with E-state index < -0.39 is 0 Å². The van der Waals surface area contributed by atoms with Gasteiger partial charge in [-0.15, -0.1) is 0 Å². The number of rotatable bonds is 1. The van der Waals surface area contributed by atoms with Crippen molar-refractivity contribution in [3.8, 4) is 0 Å². The lowest BCUT2D eigenvalue weighted by Crippen LogP contribution is -2.13. The molecule has 0 spiro atoms. The number of carbonyl (C=O) groups excluding carboxylic acids is 1. The van der Waals surface area contributed by atoms with E-state index >= 15 is 0 Å². The van der Waals surface area contributed by atoms with Crippen molar-refractivity contribution in [1.82, 2.24) is 0 Å². The fourth-order valence-corrected chi connectivity index (χ4v) is 2.40. The maximum atomic E-state index is 11.2. The number of methoxy groups -OCH3 is 1. The number of hydrogen-bond donors (Lipinski definition) is 0. The number of ether oxygens (including phenoxy) is 1. The zero-order chi connectivity index (χ0) is 8.55. The van der Waals surface area contributed by atoms with E-state index in [0.29, 0.717) is 5.92 Å². The highest BCUT2D eigenvalue weighted by Crippen LogP contribution is 2.40. The zero-order valence-corrected chi connectivity index (χ0v) is 7.38. The van der Waals surface area contributed by atoms with Crippen molar-refractivity contribution < 1.29 is 9.53 Å². The highest BCUT2D eigenvalue weighted by atomic mass is 16.5. The summed E-state index contributed by atoms with van der Waals surface area (Å²) in [6.07, 6.45) is 6.92. The number of allylic oxidation sites excluding steroid dienone is 1. The van der Waals surface area contributed by atoms with Crippen LogP contribution in [0.5, 0.6) is 0 Å². The van der Waals surface area contributed by atoms with Gasteiger partial charge in [0.05, 0.1) is 7.11 Å². The van der Waals surface area contributed by atoms with E-state index in [-0.39, 0.29) is 5.97 Å². The Morgan fingerprint density at radius 2 is 2.42 bits per heavy atom. The van der Waals surface area contributed by atoms with E-state index in [0.717, 1.165) is 17.9 Å². The minimum absolute atomic E-state index is 0.119. The molecular formula is C10H14O2. The van der Waals surface area contributed by atoms with Gasteiger partial charge in [0.1, 0.15) is 0 Å². The van der Waals surface area contributed by atoms with E-state index in [1.165, 1.54) is 26.4 Å². The first-order chi connectivity index (χ1) is 5.79. The van der Waals surface area contributed by atoms with Crippen LogP contribution in [-0.4, -0.2) is 13.1 Å². The zero-order valence-electron chi connectivity index (χ0n) is 7.38. The van der Waals surface area contributed by atoms with Gasteiger partial charge < -0.3 is 4.74 Å². The first kappa shape index (κ1) is 7.84. The van der Waals surface area contributed by atoms with E-state index in [9.17, 15) is 4.79 Å². The molecule has 0 aromatic heterocycles. The lowest BCUT2D eigenvalue weighted by Gasteiger charge is -2.17. The van der Waals surface area contributed by atoms with Gasteiger partial charge in [-0.05, 0) is 37.5 Å². The lowest BCUT2D eigenvalue weighted by atomic mass is 9.90. The molecule has 1 fully saturated rings. The summed E-state index contributed by atoms with van der Waals surface area (Å²) in [6, 6.07) is 0. The molecule has 0 aliphatic heterocycles. The molecule has 12 heavy (non-hydrogen) atoms. The Balaban J connectivity index is 2.13. The van der Waals surface area contributed by atoms with Gasteiger partial charge >= 0.3 is 5.97 Å². The summed E-state index contributed by atoms with van der Waals surface area (Å²) in [5, 5.41) is 0. The minimum Gasteiger partial charge on any atom is -0.466 e. The Morgan fingerprint density at radius 1 is 1.58 bits per heavy atom. The molecule has 2 bridgehead atoms. The van der Waals surface area contributed by atoms with Crippen LogP contribution in [0.3, 0.4) is 0 Å². The second-order valence-corrected chi connectivity index (χ2v) is 3.83. The quantitative estimate of drug-likeness (QED) is 0.556. The summed E-state index contributed by atoms with van der Waals surface area (Å²) < 4.78 is 4.71. The summed E-state index contributed by atoms with van der Waals surface area (Å²) in [6.45, 7) is 0. The number of fused-ring (bicyclic) bond motifs is 2. The number of esters is 1. The van der Waals surface area contributed by atoms with Gasteiger partial charge in [0.2, 0.25) is 0 Å². The smallest absolute Gasteiger partial charge is 0.333 e. The summed E-state index contributed by atoms with van der Waals surface area (Å²) >= 11 is 0. The van der Waals surface area contributed by atoms with Crippen molar-refractivity contribution in [3.63, 3.8) is 0 Å². The molecule has 2 unspecified atom stereocenters. The van der Waals surface area contributed by atoms with Crippen LogP contribution in [0.25, 0.3) is 0 Å². The van der Waals surface area contributed by atoms with Gasteiger partial charge in [0.25, 0.3) is 0 Å². The molecule has 2 nitrogen and oxygen atoms in total. The SMILES string of the molecule is COC(=O)C1=CC2CCC(C1)C2. The van der Waals surface area contributed by atoms with Crippen molar-refractivity contribution in [2.24, 2.45) is 11.8 Å². The van der Waals surface area contributed by atoms with Gasteiger partial charge in [0.15, 0.2) is 0 Å². The summed E-state index contributed by atoms with van der Waals surface area (Å²) in [5.41, 5.74) is 0.913. The summed E-state index contributed by atoms with van der Waals surface area (Å²) in [7, 11) is 1.46. The van der Waals surface area contributed by atoms with Crippen LogP contribution >= 0.6 is 0 Å². The molecule has 0 radical (unpaired) electrons. The van der Waals surface area contributed by atoms with Crippen LogP contribution in [-0.2, 0) is 9.53 Å². The van der Waals surface area contributed by atoms with E-state index in [1.807, 2.05) is 0 Å². The molecule has 0 aromatic carbocycles. The van der Waals surface area contributed by atoms with Gasteiger partial charge in [0, 0.05) is 5.57 Å². The highest BCUT2D eigenvalue weighted by Gasteiger charge is 2.31. The van der Waals surface area contributed by atoms with Crippen molar-refractivity contribution in [3.05, 3.63) is 11.6 Å². The molecule has 2 heteroatoms. The number of carbonyl (C=O) groups is 1. The molecular weight excluding hydrogens is 152 g/mol. The summed E-state index contributed by atoms with van der Waals surface area (Å²) in [5.74, 6) is 1.30. The first-order valence-corrected chi connectivity index (χ1v) is 4.58. The normalized spacial score (nSPS) is 32.9. The Morgan fingerprint density at radius 3 is 3.08 bits per heavy atom. The van der Waals surface area contributed by atoms with Crippen molar-refractivity contribution in [2.45, 2.75) is 25.7 Å². The minimum atomic E-state index is -0.119. The average Bonchev–Trinajstić information content (AvgIpc) is 2.44. The molecule has 0 heterocycles. The maximum absolute atomic E-state index is 11.2. The third kappa shape index (κ3) is 1.26. The van der Waals surface area contributed by atoms with Gasteiger partial charge in [-0.1, -0.05) is 6.08 Å². The molecule has 0 saturated heterocycles. The van der Waals surface area contributed by atoms with Crippen LogP contribution in [0.1, 0.15) is 25.7 Å². The molecule has 66 valence electrons. The molecule has 2 aliphatic carbocycles. The van der Waals surface area contributed by atoms with Crippen LogP contribution in [0, 0.1) is 11.8 Å². The van der Waals surface area contributed by atoms with Crippen LogP contribution in [0.2, 0.25) is 0 Å². The molecule has 2 atom stereocenters. The highest BCUT2D eigenvalue weighted by molar-refractivity contribution is 5.88. The largest absolute Gasteiger partial charge is 0.466 e. The Bertz CT molecular complexity index is 230. The maximum Gasteiger partial charge on any atom is 0.333 e. The predicted octanol–water partition coefficient (Wildman–Crippen LogP) is 1.91. The molecule has 1 saturated carbocycles. The molecule has 2 aliphatic rings. The fourth-order valence-electron chi connectivity index (χ4n) is 2.40. The number of hydrogen-bond acceptors (Lipinski definition) is 2. The van der Waals surface area contributed by atoms with E-state index in [4.69, 9.17) is 4.74 Å². The van der Waals surface area contributed by atoms with Crippen molar-refractivity contribution >= 4 is 5.97 Å². The molecule has 0 aromatic rings. The predicted molar refractivity (Wildman–Crippen MR) is 45.5 cm³/mol. The van der Waals surface area contributed by atoms with Crippen LogP contribution < -0.4 is 0 Å². The molecule has 2 rings (SSSR count). The molecule has 0 amide bonds. The Kier molecular flexibility index (Phi) is 1.91. The van der Waals surface area contributed by atoms with Gasteiger partial charge in [-0.2, -0.15) is 0 Å². The second-order valence-electron chi connectivity index (χ2n) is 3.83. The Labute approximate surface area is 72.6 Å². The van der Waals surface area contributed by atoms with E-state index in [1.54, 1.807) is 0 Å². The fraction of sp³-hybridized carbons (Fsp3) is 0.700. The van der Waals surface area contributed by atoms with Gasteiger partial charge in [-0.3, -0.25) is 0 Å². The third-order valence-electron chi connectivity index (χ3n) is 2.97. The lowest BCUT2D eigenvalue weighted by molar-refractivity contribution is -0.136. The summed E-state index contributed by atoms with van der Waals surface area (Å²) in [4.78, 5) is 11.2. The average molecular weight is 166 g/mol. The first-order valence-electron chi connectivity index (χ1n) is 4.58.